The minimum absolute atomic E-state index is 0.0862. The lowest BCUT2D eigenvalue weighted by molar-refractivity contribution is -0.789. The van der Waals surface area contributed by atoms with Crippen molar-refractivity contribution in [3.63, 3.8) is 0 Å². The Bertz CT molecular complexity index is 5120. The molecule has 22 heteroatoms. The van der Waals surface area contributed by atoms with Crippen molar-refractivity contribution in [1.29, 1.82) is 0 Å². The average molecular weight is 1520 g/mol. The first-order valence-corrected chi connectivity index (χ1v) is 40.4. The fourth-order valence-corrected chi connectivity index (χ4v) is 18.8. The van der Waals surface area contributed by atoms with Gasteiger partial charge in [-0.2, -0.15) is 5.10 Å². The van der Waals surface area contributed by atoms with Gasteiger partial charge in [-0.3, -0.25) is 14.5 Å². The molecule has 3 aromatic carbocycles. The van der Waals surface area contributed by atoms with Crippen LogP contribution < -0.4 is 47.9 Å². The van der Waals surface area contributed by atoms with Gasteiger partial charge in [-0.1, -0.05) is 42.5 Å². The van der Waals surface area contributed by atoms with E-state index in [2.05, 4.69) is 480 Å². The SMILES string of the molecule is Cc1cc(C(C)(C)N2c3ccccc3N(c3cc[n+](C(C)C)n3C)[C@H]2C)n(C)n1.Cc1n(C)c(N2C=CN(C(C)(C)c3cc4ccccc4n3C)[C@@H]2C)c[n+]1C(C)C.Cc1n(C)c(N2C=CN(C(C)(C)c3cccn3C)[C@@H]2C)c[n+]1C(C)C.Cc1ncc(C(C)(C)N2c3ccccc3N(c3cc[n+](C(C)C)n3C)[C@H]2C)n1C. The second-order valence-corrected chi connectivity index (χ2v) is 34.7. The number of aryl methyl sites for hydroxylation is 5. The summed E-state index contributed by atoms with van der Waals surface area (Å²) in [5, 5.41) is 5.91. The Balaban J connectivity index is 0.000000139. The molecule has 12 heterocycles. The quantitative estimate of drug-likeness (QED) is 0.0868. The van der Waals surface area contributed by atoms with Crippen LogP contribution in [0.3, 0.4) is 0 Å². The zero-order valence-electron chi connectivity index (χ0n) is 73.6. The number of anilines is 8. The first-order chi connectivity index (χ1) is 52.6. The van der Waals surface area contributed by atoms with E-state index in [0.717, 1.165) is 11.5 Å². The van der Waals surface area contributed by atoms with Gasteiger partial charge in [0.05, 0.1) is 121 Å². The van der Waals surface area contributed by atoms with Crippen LogP contribution in [0.4, 0.5) is 46.0 Å². The first-order valence-electron chi connectivity index (χ1n) is 40.4. The Morgan fingerprint density at radius 1 is 0.402 bits per heavy atom. The molecule has 0 N–H and O–H groups in total. The highest BCUT2D eigenvalue weighted by atomic mass is 15.5. The third-order valence-electron chi connectivity index (χ3n) is 25.0. The van der Waals surface area contributed by atoms with Crippen LogP contribution in [0.15, 0.2) is 171 Å². The molecule has 0 bridgehead atoms. The van der Waals surface area contributed by atoms with Crippen molar-refractivity contribution in [2.45, 2.75) is 237 Å². The molecule has 0 unspecified atom stereocenters. The zero-order valence-corrected chi connectivity index (χ0v) is 73.6. The molecule has 0 radical (unpaired) electrons. The summed E-state index contributed by atoms with van der Waals surface area (Å²) in [6.07, 6.45) is 22.7. The summed E-state index contributed by atoms with van der Waals surface area (Å²) in [5.41, 5.74) is 11.7. The number of hydrogen-bond acceptors (Lipinski definition) is 10. The summed E-state index contributed by atoms with van der Waals surface area (Å²) in [6, 6.07) is 41.1. The lowest BCUT2D eigenvalue weighted by Gasteiger charge is -2.42. The number of benzene rings is 3. The van der Waals surface area contributed by atoms with Gasteiger partial charge in [0.25, 0.3) is 11.6 Å². The van der Waals surface area contributed by atoms with Crippen LogP contribution >= 0.6 is 0 Å². The van der Waals surface area contributed by atoms with Crippen molar-refractivity contribution in [2.24, 2.45) is 56.4 Å². The highest BCUT2D eigenvalue weighted by Crippen LogP contribution is 2.51. The zero-order chi connectivity index (χ0) is 81.8. The summed E-state index contributed by atoms with van der Waals surface area (Å²) < 4.78 is 27.0. The van der Waals surface area contributed by atoms with E-state index in [1.165, 1.54) is 91.3 Å². The van der Waals surface area contributed by atoms with Crippen molar-refractivity contribution >= 4 is 56.9 Å². The van der Waals surface area contributed by atoms with Crippen LogP contribution in [0.1, 0.15) is 209 Å². The van der Waals surface area contributed by atoms with Gasteiger partial charge in [0.1, 0.15) is 30.5 Å². The Kier molecular flexibility index (Phi) is 21.9. The molecule has 0 amide bonds. The van der Waals surface area contributed by atoms with Crippen molar-refractivity contribution in [3.8, 4) is 0 Å². The number of hydrogen-bond donors (Lipinski definition) is 0. The molecule has 0 spiro atoms. The molecule has 11 aromatic rings. The summed E-state index contributed by atoms with van der Waals surface area (Å²) >= 11 is 0. The van der Waals surface area contributed by atoms with Crippen LogP contribution in [0.2, 0.25) is 0 Å². The molecule has 4 aliphatic heterocycles. The van der Waals surface area contributed by atoms with Crippen LogP contribution in [0, 0.1) is 27.7 Å². The van der Waals surface area contributed by atoms with Gasteiger partial charge in [-0.25, -0.2) is 23.3 Å². The maximum absolute atomic E-state index is 4.61. The monoisotopic (exact) mass is 1520 g/mol. The molecule has 0 saturated carbocycles. The lowest BCUT2D eigenvalue weighted by atomic mass is 9.96. The number of rotatable bonds is 16. The minimum atomic E-state index is -0.223. The van der Waals surface area contributed by atoms with E-state index >= 15 is 0 Å². The lowest BCUT2D eigenvalue weighted by Crippen LogP contribution is -2.51. The van der Waals surface area contributed by atoms with Crippen LogP contribution in [0.25, 0.3) is 10.9 Å². The van der Waals surface area contributed by atoms with Crippen molar-refractivity contribution in [2.75, 3.05) is 29.4 Å². The highest BCUT2D eigenvalue weighted by molar-refractivity contribution is 5.85. The second-order valence-electron chi connectivity index (χ2n) is 34.7. The number of para-hydroxylation sites is 5. The number of aromatic nitrogens is 14. The molecule has 8 aromatic heterocycles. The third kappa shape index (κ3) is 13.7. The second kappa shape index (κ2) is 30.3. The smallest absolute Gasteiger partial charge is 0.254 e. The summed E-state index contributed by atoms with van der Waals surface area (Å²) in [7, 11) is 17.0. The topological polar surface area (TPSA) is 107 Å². The third-order valence-corrected chi connectivity index (χ3v) is 25.0. The van der Waals surface area contributed by atoms with Gasteiger partial charge in [-0.05, 0) is 212 Å². The minimum Gasteiger partial charge on any atom is -0.352 e. The fraction of sp³-hybridized carbons (Fsp3) is 0.489. The van der Waals surface area contributed by atoms with E-state index < -0.39 is 0 Å². The Labute approximate surface area is 668 Å². The first kappa shape index (κ1) is 81.1. The molecule has 4 atom stereocenters. The maximum Gasteiger partial charge on any atom is 0.254 e. The van der Waals surface area contributed by atoms with Crippen molar-refractivity contribution < 1.29 is 18.5 Å². The molecule has 15 rings (SSSR count). The average Bonchev–Trinajstić information content (AvgIpc) is 1.58. The number of nitrogens with zero attached hydrogens (tertiary/aromatic N) is 22. The van der Waals surface area contributed by atoms with Crippen molar-refractivity contribution in [3.05, 3.63) is 217 Å². The molecular weight excluding hydrogens is 1390 g/mol. The molecule has 22 nitrogen and oxygen atoms in total. The van der Waals surface area contributed by atoms with Gasteiger partial charge < -0.3 is 43.1 Å². The molecule has 4 aliphatic rings. The van der Waals surface area contributed by atoms with Crippen LogP contribution in [-0.4, -0.2) is 81.4 Å². The van der Waals surface area contributed by atoms with E-state index in [-0.39, 0.29) is 46.8 Å². The molecule has 598 valence electrons. The molecule has 112 heavy (non-hydrogen) atoms. The fourth-order valence-electron chi connectivity index (χ4n) is 18.8. The standard InChI is InChI=1S/C24H34N5.2C23H33N6.C20H32N5/c1-17(2)28-16-23(25(7)18(28)3)27-13-14-29(19(27)4)24(5,6)22-15-20-11-9-10-12-21(20)26(22)8;1-16(2)27-14-13-22(26(27)8)28-18(4)29(20-12-10-9-11-19(20)28)23(5,6)21-15-24-17(3)25(21)7;1-16(2)27-14-13-22(26(27)8)28-18(4)29(20-12-10-9-11-19(20)28)23(5,6)21-15-17(3)24-25(21)7;1-15(2)24-14-19(22(8)16(24)3)23-12-13-25(17(23)4)20(5,6)18-10-9-11-21(18)7/h9-17,19H,1-8H3;2*9-16,18H,1-8H3;9-15,17H,1-8H3/q4*+1/t19-;2*18-;17-/m1111/s1. The van der Waals surface area contributed by atoms with Crippen LogP contribution in [-0.2, 0) is 78.5 Å². The van der Waals surface area contributed by atoms with Gasteiger partial charge >= 0.3 is 0 Å². The molecule has 0 saturated heterocycles. The highest BCUT2D eigenvalue weighted by Gasteiger charge is 2.48. The Hall–Kier alpha value is -10.4. The summed E-state index contributed by atoms with van der Waals surface area (Å²) in [6.45, 7) is 53.8. The Morgan fingerprint density at radius 3 is 1.21 bits per heavy atom. The van der Waals surface area contributed by atoms with Crippen LogP contribution in [0.5, 0.6) is 0 Å². The summed E-state index contributed by atoms with van der Waals surface area (Å²) in [5.74, 6) is 8.39. The predicted molar refractivity (Wildman–Crippen MR) is 457 cm³/mol. The largest absolute Gasteiger partial charge is 0.352 e. The van der Waals surface area contributed by atoms with Gasteiger partial charge in [-0.15, -0.1) is 18.7 Å². The van der Waals surface area contributed by atoms with Gasteiger partial charge in [0.15, 0.2) is 48.5 Å². The van der Waals surface area contributed by atoms with Crippen molar-refractivity contribution in [1.82, 2.24) is 56.8 Å². The van der Waals surface area contributed by atoms with E-state index in [1.807, 2.05) is 17.9 Å². The van der Waals surface area contributed by atoms with Gasteiger partial charge in [0.2, 0.25) is 11.6 Å². The predicted octanol–water partition coefficient (Wildman–Crippen LogP) is 16.3. The Morgan fingerprint density at radius 2 is 0.830 bits per heavy atom. The van der Waals surface area contributed by atoms with Gasteiger partial charge in [0, 0.05) is 89.9 Å². The van der Waals surface area contributed by atoms with E-state index in [4.69, 9.17) is 0 Å². The molecular formula is C90H132N22+4. The maximum atomic E-state index is 4.61. The summed E-state index contributed by atoms with van der Waals surface area (Å²) in [4.78, 5) is 24.1. The van der Waals surface area contributed by atoms with E-state index in [9.17, 15) is 0 Å². The van der Waals surface area contributed by atoms with E-state index in [1.54, 1.807) is 0 Å². The van der Waals surface area contributed by atoms with E-state index in [0.29, 0.717) is 24.2 Å². The molecule has 0 aliphatic carbocycles. The molecule has 0 fully saturated rings. The number of fused-ring (bicyclic) bond motifs is 3. The number of imidazole rings is 3. The normalized spacial score (nSPS) is 17.2.